The number of nitrogens with zero attached hydrogens (tertiary/aromatic N) is 2. The zero-order valence-electron chi connectivity index (χ0n) is 10.6. The Kier molecular flexibility index (Phi) is 3.57. The molecule has 0 spiro atoms. The van der Waals surface area contributed by atoms with E-state index in [0.29, 0.717) is 5.75 Å². The van der Waals surface area contributed by atoms with Gasteiger partial charge in [0.25, 0.3) is 11.4 Å². The van der Waals surface area contributed by atoms with E-state index < -0.39 is 9.85 Å². The topological polar surface area (TPSA) is 148 Å². The third kappa shape index (κ3) is 2.81. The molecule has 0 radical (unpaired) electrons. The predicted octanol–water partition coefficient (Wildman–Crippen LogP) is 2.46. The fraction of sp³-hybridized carbons (Fsp3) is 0. The summed E-state index contributed by atoms with van der Waals surface area (Å²) in [6.45, 7) is 0. The molecule has 0 heterocycles. The van der Waals surface area contributed by atoms with Crippen molar-refractivity contribution in [3.63, 3.8) is 0 Å². The zero-order chi connectivity index (χ0) is 15.6. The average Bonchev–Trinajstić information content (AvgIpc) is 2.44. The van der Waals surface area contributed by atoms with Crippen LogP contribution in [0, 0.1) is 20.2 Å². The van der Waals surface area contributed by atoms with E-state index in [1.165, 1.54) is 36.4 Å². The number of nitro benzene ring substituents is 2. The minimum atomic E-state index is -0.651. The fourth-order valence-electron chi connectivity index (χ4n) is 1.62. The van der Waals surface area contributed by atoms with Gasteiger partial charge in [-0.15, -0.1) is 0 Å². The second-order valence-corrected chi connectivity index (χ2v) is 4.02. The van der Waals surface area contributed by atoms with Gasteiger partial charge in [0, 0.05) is 18.2 Å². The molecule has 0 fully saturated rings. The zero-order valence-corrected chi connectivity index (χ0v) is 10.6. The predicted molar refractivity (Wildman–Crippen MR) is 75.1 cm³/mol. The highest BCUT2D eigenvalue weighted by atomic mass is 16.6. The van der Waals surface area contributed by atoms with Crippen LogP contribution in [0.3, 0.4) is 0 Å². The first kappa shape index (κ1) is 14.1. The molecule has 4 N–H and O–H groups in total. The third-order valence-corrected chi connectivity index (χ3v) is 2.70. The van der Waals surface area contributed by atoms with Crippen molar-refractivity contribution in [2.24, 2.45) is 0 Å². The van der Waals surface area contributed by atoms with Crippen LogP contribution in [0.2, 0.25) is 0 Å². The molecule has 0 bridgehead atoms. The molecule has 9 heteroatoms. The van der Waals surface area contributed by atoms with Crippen LogP contribution in [0.5, 0.6) is 11.5 Å². The Morgan fingerprint density at radius 3 is 2.00 bits per heavy atom. The molecule has 0 saturated heterocycles. The lowest BCUT2D eigenvalue weighted by Crippen LogP contribution is -2.02. The summed E-state index contributed by atoms with van der Waals surface area (Å²) in [6.07, 6.45) is 0. The summed E-state index contributed by atoms with van der Waals surface area (Å²) in [5.74, 6) is 0.424. The standard InChI is InChI=1S/C12H10N4O5/c13-11-9(16(19)20)5-6-10(12(11)14)21-8-3-1-7(2-4-8)15(17)18/h1-6H,13-14H2. The monoisotopic (exact) mass is 290 g/mol. The highest BCUT2D eigenvalue weighted by Gasteiger charge is 2.17. The van der Waals surface area contributed by atoms with Gasteiger partial charge in [-0.05, 0) is 18.2 Å². The molecule has 2 rings (SSSR count). The van der Waals surface area contributed by atoms with Crippen LogP contribution < -0.4 is 16.2 Å². The maximum Gasteiger partial charge on any atom is 0.294 e. The van der Waals surface area contributed by atoms with E-state index in [1.807, 2.05) is 0 Å². The summed E-state index contributed by atoms with van der Waals surface area (Å²) < 4.78 is 5.41. The van der Waals surface area contributed by atoms with Gasteiger partial charge >= 0.3 is 0 Å². The largest absolute Gasteiger partial charge is 0.455 e. The van der Waals surface area contributed by atoms with Crippen molar-refractivity contribution in [1.82, 2.24) is 0 Å². The highest BCUT2D eigenvalue weighted by Crippen LogP contribution is 2.37. The van der Waals surface area contributed by atoms with Gasteiger partial charge in [0.15, 0.2) is 5.75 Å². The first-order valence-corrected chi connectivity index (χ1v) is 5.65. The number of hydrogen-bond donors (Lipinski definition) is 2. The first-order chi connectivity index (χ1) is 9.90. The summed E-state index contributed by atoms with van der Waals surface area (Å²) in [6, 6.07) is 7.78. The smallest absolute Gasteiger partial charge is 0.294 e. The number of benzene rings is 2. The quantitative estimate of drug-likeness (QED) is 0.499. The maximum absolute atomic E-state index is 10.7. The highest BCUT2D eigenvalue weighted by molar-refractivity contribution is 5.79. The van der Waals surface area contributed by atoms with Crippen LogP contribution in [-0.4, -0.2) is 9.85 Å². The second kappa shape index (κ2) is 5.33. The number of non-ortho nitro benzene ring substituents is 1. The molecule has 0 aliphatic rings. The van der Waals surface area contributed by atoms with Crippen LogP contribution in [-0.2, 0) is 0 Å². The number of ether oxygens (including phenoxy) is 1. The average molecular weight is 290 g/mol. The Bertz CT molecular complexity index is 714. The van der Waals surface area contributed by atoms with Crippen LogP contribution in [0.1, 0.15) is 0 Å². The SMILES string of the molecule is Nc1c(Oc2ccc([N+](=O)[O-])cc2)ccc([N+](=O)[O-])c1N. The van der Waals surface area contributed by atoms with Gasteiger partial charge in [0.05, 0.1) is 9.85 Å². The van der Waals surface area contributed by atoms with Crippen molar-refractivity contribution >= 4 is 22.7 Å². The van der Waals surface area contributed by atoms with E-state index >= 15 is 0 Å². The number of nitrogen functional groups attached to an aromatic ring is 2. The number of nitro groups is 2. The van der Waals surface area contributed by atoms with Crippen LogP contribution in [0.25, 0.3) is 0 Å². The molecule has 0 saturated carbocycles. The summed E-state index contributed by atoms with van der Waals surface area (Å²) in [4.78, 5) is 20.1. The molecule has 9 nitrogen and oxygen atoms in total. The number of hydrogen-bond acceptors (Lipinski definition) is 7. The Balaban J connectivity index is 2.29. The fourth-order valence-corrected chi connectivity index (χ4v) is 1.62. The molecular formula is C12H10N4O5. The molecule has 0 amide bonds. The number of anilines is 2. The van der Waals surface area contributed by atoms with Gasteiger partial charge in [0.1, 0.15) is 17.1 Å². The molecule has 0 aliphatic heterocycles. The lowest BCUT2D eigenvalue weighted by atomic mass is 10.2. The van der Waals surface area contributed by atoms with Crippen LogP contribution in [0.4, 0.5) is 22.7 Å². The minimum Gasteiger partial charge on any atom is -0.455 e. The van der Waals surface area contributed by atoms with Crippen molar-refractivity contribution in [3.05, 3.63) is 56.6 Å². The Hall–Kier alpha value is -3.36. The Morgan fingerprint density at radius 2 is 1.48 bits per heavy atom. The molecule has 2 aromatic rings. The molecule has 0 aliphatic carbocycles. The minimum absolute atomic E-state index is 0.0671. The normalized spacial score (nSPS) is 10.1. The van der Waals surface area contributed by atoms with Crippen molar-refractivity contribution in [1.29, 1.82) is 0 Å². The second-order valence-electron chi connectivity index (χ2n) is 4.02. The van der Waals surface area contributed by atoms with Crippen molar-refractivity contribution in [2.45, 2.75) is 0 Å². The van der Waals surface area contributed by atoms with E-state index in [9.17, 15) is 20.2 Å². The van der Waals surface area contributed by atoms with Crippen LogP contribution in [0.15, 0.2) is 36.4 Å². The number of rotatable bonds is 4. The van der Waals surface area contributed by atoms with E-state index in [1.54, 1.807) is 0 Å². The first-order valence-electron chi connectivity index (χ1n) is 5.65. The molecule has 108 valence electrons. The summed E-state index contributed by atoms with van der Waals surface area (Å²) in [7, 11) is 0. The van der Waals surface area contributed by atoms with Crippen molar-refractivity contribution < 1.29 is 14.6 Å². The summed E-state index contributed by atoms with van der Waals surface area (Å²) >= 11 is 0. The van der Waals surface area contributed by atoms with E-state index in [4.69, 9.17) is 16.2 Å². The lowest BCUT2D eigenvalue weighted by Gasteiger charge is -2.10. The summed E-state index contributed by atoms with van der Waals surface area (Å²) in [5.41, 5.74) is 10.6. The van der Waals surface area contributed by atoms with Gasteiger partial charge < -0.3 is 16.2 Å². The Labute approximate surface area is 118 Å². The van der Waals surface area contributed by atoms with E-state index in [2.05, 4.69) is 0 Å². The van der Waals surface area contributed by atoms with Crippen molar-refractivity contribution in [2.75, 3.05) is 11.5 Å². The maximum atomic E-state index is 10.7. The van der Waals surface area contributed by atoms with Gasteiger partial charge in [-0.25, -0.2) is 0 Å². The van der Waals surface area contributed by atoms with Gasteiger partial charge in [-0.2, -0.15) is 0 Å². The summed E-state index contributed by atoms with van der Waals surface area (Å²) in [5, 5.41) is 21.2. The molecule has 0 aromatic heterocycles. The molecule has 0 unspecified atom stereocenters. The molecule has 21 heavy (non-hydrogen) atoms. The lowest BCUT2D eigenvalue weighted by molar-refractivity contribution is -0.384. The van der Waals surface area contributed by atoms with Gasteiger partial charge in [0.2, 0.25) is 0 Å². The van der Waals surface area contributed by atoms with Gasteiger partial charge in [-0.1, -0.05) is 0 Å². The van der Waals surface area contributed by atoms with Crippen LogP contribution >= 0.6 is 0 Å². The molecule has 2 aromatic carbocycles. The third-order valence-electron chi connectivity index (χ3n) is 2.70. The van der Waals surface area contributed by atoms with E-state index in [-0.39, 0.29) is 28.5 Å². The van der Waals surface area contributed by atoms with E-state index in [0.717, 1.165) is 0 Å². The number of nitrogens with two attached hydrogens (primary N) is 2. The molecular weight excluding hydrogens is 280 g/mol. The Morgan fingerprint density at radius 1 is 0.857 bits per heavy atom. The van der Waals surface area contributed by atoms with Gasteiger partial charge in [-0.3, -0.25) is 20.2 Å². The molecule has 0 atom stereocenters. The van der Waals surface area contributed by atoms with Crippen molar-refractivity contribution in [3.8, 4) is 11.5 Å².